The van der Waals surface area contributed by atoms with Gasteiger partial charge in [0.2, 0.25) is 5.91 Å². The maximum absolute atomic E-state index is 13.0. The van der Waals surface area contributed by atoms with Crippen molar-refractivity contribution in [2.75, 3.05) is 13.1 Å². The Morgan fingerprint density at radius 3 is 1.95 bits per heavy atom. The van der Waals surface area contributed by atoms with Gasteiger partial charge in [-0.3, -0.25) is 4.79 Å². The average Bonchev–Trinajstić information content (AvgIpc) is 2.64. The van der Waals surface area contributed by atoms with Crippen molar-refractivity contribution in [2.45, 2.75) is 65.2 Å². The van der Waals surface area contributed by atoms with Crippen molar-refractivity contribution in [3.05, 3.63) is 0 Å². The van der Waals surface area contributed by atoms with Gasteiger partial charge in [0.15, 0.2) is 0 Å². The molecule has 1 saturated heterocycles. The molecule has 4 heteroatoms. The molecule has 2 rings (SSSR count). The van der Waals surface area contributed by atoms with Crippen LogP contribution in [0.5, 0.6) is 0 Å². The molecular weight excluding hydrogens is 268 g/mol. The first-order chi connectivity index (χ1) is 9.37. The highest BCUT2D eigenvalue weighted by molar-refractivity contribution is 7.80. The van der Waals surface area contributed by atoms with E-state index in [0.29, 0.717) is 10.4 Å². The Hall–Kier alpha value is -0.640. The van der Waals surface area contributed by atoms with E-state index in [9.17, 15) is 4.79 Å². The molecule has 114 valence electrons. The molecule has 0 spiro atoms. The van der Waals surface area contributed by atoms with Crippen LogP contribution in [0.3, 0.4) is 0 Å². The van der Waals surface area contributed by atoms with Crippen LogP contribution in [0.15, 0.2) is 0 Å². The zero-order valence-electron chi connectivity index (χ0n) is 12.9. The fourth-order valence-corrected chi connectivity index (χ4v) is 3.81. The minimum atomic E-state index is -0.548. The average molecular weight is 296 g/mol. The molecule has 0 radical (unpaired) electrons. The van der Waals surface area contributed by atoms with E-state index in [1.807, 2.05) is 4.90 Å². The minimum absolute atomic E-state index is 0.211. The summed E-state index contributed by atoms with van der Waals surface area (Å²) in [5.74, 6) is 0.211. The van der Waals surface area contributed by atoms with Crippen LogP contribution in [0.1, 0.15) is 65.2 Å². The van der Waals surface area contributed by atoms with Gasteiger partial charge in [0.25, 0.3) is 0 Å². The van der Waals surface area contributed by atoms with Gasteiger partial charge in [-0.25, -0.2) is 0 Å². The van der Waals surface area contributed by atoms with Crippen LogP contribution in [0.25, 0.3) is 0 Å². The highest BCUT2D eigenvalue weighted by atomic mass is 32.1. The third-order valence-corrected chi connectivity index (χ3v) is 5.63. The van der Waals surface area contributed by atoms with Gasteiger partial charge in [0.1, 0.15) is 0 Å². The number of likely N-dealkylation sites (tertiary alicyclic amines) is 1. The van der Waals surface area contributed by atoms with Gasteiger partial charge >= 0.3 is 0 Å². The van der Waals surface area contributed by atoms with Crippen molar-refractivity contribution in [2.24, 2.45) is 16.6 Å². The van der Waals surface area contributed by atoms with Crippen molar-refractivity contribution < 1.29 is 4.79 Å². The zero-order valence-corrected chi connectivity index (χ0v) is 13.7. The van der Waals surface area contributed by atoms with E-state index >= 15 is 0 Å². The molecule has 0 aromatic heterocycles. The van der Waals surface area contributed by atoms with Gasteiger partial charge in [-0.1, -0.05) is 51.7 Å². The van der Waals surface area contributed by atoms with Gasteiger partial charge in [-0.15, -0.1) is 0 Å². The number of rotatable bonds is 2. The summed E-state index contributed by atoms with van der Waals surface area (Å²) >= 11 is 5.31. The number of carbonyl (C=O) groups is 1. The SMILES string of the molecule is CC1(C)CCN(C(=O)C2(C(N)=S)CCCCCC2)CC1. The van der Waals surface area contributed by atoms with Gasteiger partial charge in [0.05, 0.1) is 10.4 Å². The van der Waals surface area contributed by atoms with Crippen LogP contribution in [0.4, 0.5) is 0 Å². The third kappa shape index (κ3) is 3.16. The fraction of sp³-hybridized carbons (Fsp3) is 0.875. The molecule has 2 fully saturated rings. The molecular formula is C16H28N2OS. The standard InChI is InChI=1S/C16H28N2OS/c1-15(2)9-11-18(12-10-15)14(19)16(13(17)20)7-5-3-4-6-8-16/h3-12H2,1-2H3,(H2,17,20). The van der Waals surface area contributed by atoms with E-state index in [1.54, 1.807) is 0 Å². The Bertz CT molecular complexity index is 374. The lowest BCUT2D eigenvalue weighted by atomic mass is 9.77. The number of hydrogen-bond donors (Lipinski definition) is 1. The topological polar surface area (TPSA) is 46.3 Å². The van der Waals surface area contributed by atoms with Crippen molar-refractivity contribution in [3.63, 3.8) is 0 Å². The number of nitrogens with two attached hydrogens (primary N) is 1. The fourth-order valence-electron chi connectivity index (χ4n) is 3.52. The Morgan fingerprint density at radius 1 is 1.00 bits per heavy atom. The number of hydrogen-bond acceptors (Lipinski definition) is 2. The van der Waals surface area contributed by atoms with Crippen LogP contribution >= 0.6 is 12.2 Å². The zero-order chi connectivity index (χ0) is 14.8. The molecule has 0 atom stereocenters. The Kier molecular flexibility index (Phi) is 4.73. The number of amides is 1. The Balaban J connectivity index is 2.13. The van der Waals surface area contributed by atoms with Crippen molar-refractivity contribution in [1.82, 2.24) is 4.90 Å². The quantitative estimate of drug-likeness (QED) is 0.628. The normalized spacial score (nSPS) is 25.8. The summed E-state index contributed by atoms with van der Waals surface area (Å²) in [4.78, 5) is 15.5. The maximum Gasteiger partial charge on any atom is 0.235 e. The van der Waals surface area contributed by atoms with E-state index in [-0.39, 0.29) is 5.91 Å². The molecule has 1 amide bonds. The van der Waals surface area contributed by atoms with E-state index in [1.165, 1.54) is 12.8 Å². The van der Waals surface area contributed by atoms with E-state index in [0.717, 1.165) is 51.6 Å². The molecule has 0 bridgehead atoms. The molecule has 0 aromatic rings. The monoisotopic (exact) mass is 296 g/mol. The van der Waals surface area contributed by atoms with Gasteiger partial charge < -0.3 is 10.6 Å². The molecule has 0 aromatic carbocycles. The summed E-state index contributed by atoms with van der Waals surface area (Å²) in [6.07, 6.45) is 8.39. The summed E-state index contributed by atoms with van der Waals surface area (Å²) in [5, 5.41) is 0. The Labute approximate surface area is 128 Å². The number of carbonyl (C=O) groups excluding carboxylic acids is 1. The first kappa shape index (κ1) is 15.7. The lowest BCUT2D eigenvalue weighted by molar-refractivity contribution is -0.141. The van der Waals surface area contributed by atoms with Gasteiger partial charge in [-0.05, 0) is 31.1 Å². The van der Waals surface area contributed by atoms with E-state index in [4.69, 9.17) is 18.0 Å². The first-order valence-corrected chi connectivity index (χ1v) is 8.38. The summed E-state index contributed by atoms with van der Waals surface area (Å²) in [5.41, 5.74) is 5.83. The molecule has 1 saturated carbocycles. The number of thiocarbonyl (C=S) groups is 1. The summed E-state index contributed by atoms with van der Waals surface area (Å²) in [6.45, 7) is 6.28. The molecule has 1 heterocycles. The van der Waals surface area contributed by atoms with Crippen LogP contribution < -0.4 is 5.73 Å². The lowest BCUT2D eigenvalue weighted by Crippen LogP contribution is -2.53. The molecule has 1 aliphatic heterocycles. The highest BCUT2D eigenvalue weighted by Gasteiger charge is 2.44. The van der Waals surface area contributed by atoms with E-state index in [2.05, 4.69) is 13.8 Å². The highest BCUT2D eigenvalue weighted by Crippen LogP contribution is 2.39. The second kappa shape index (κ2) is 6.00. The molecule has 1 aliphatic carbocycles. The summed E-state index contributed by atoms with van der Waals surface area (Å²) < 4.78 is 0. The number of piperidine rings is 1. The Morgan fingerprint density at radius 2 is 1.50 bits per heavy atom. The minimum Gasteiger partial charge on any atom is -0.392 e. The lowest BCUT2D eigenvalue weighted by Gasteiger charge is -2.42. The molecule has 3 nitrogen and oxygen atoms in total. The number of nitrogens with zero attached hydrogens (tertiary/aromatic N) is 1. The summed E-state index contributed by atoms with van der Waals surface area (Å²) in [7, 11) is 0. The van der Waals surface area contributed by atoms with E-state index < -0.39 is 5.41 Å². The largest absolute Gasteiger partial charge is 0.392 e. The smallest absolute Gasteiger partial charge is 0.235 e. The molecule has 2 aliphatic rings. The second-order valence-electron chi connectivity index (χ2n) is 7.32. The van der Waals surface area contributed by atoms with Gasteiger partial charge in [0, 0.05) is 13.1 Å². The summed E-state index contributed by atoms with van der Waals surface area (Å²) in [6, 6.07) is 0. The van der Waals surface area contributed by atoms with Crippen LogP contribution in [-0.2, 0) is 4.79 Å². The van der Waals surface area contributed by atoms with Crippen molar-refractivity contribution >= 4 is 23.1 Å². The third-order valence-electron chi connectivity index (χ3n) is 5.24. The van der Waals surface area contributed by atoms with Crippen LogP contribution in [-0.4, -0.2) is 28.9 Å². The second-order valence-corrected chi connectivity index (χ2v) is 7.76. The van der Waals surface area contributed by atoms with Crippen LogP contribution in [0, 0.1) is 10.8 Å². The van der Waals surface area contributed by atoms with Gasteiger partial charge in [-0.2, -0.15) is 0 Å². The molecule has 20 heavy (non-hydrogen) atoms. The van der Waals surface area contributed by atoms with Crippen molar-refractivity contribution in [1.29, 1.82) is 0 Å². The first-order valence-electron chi connectivity index (χ1n) is 7.97. The molecule has 2 N–H and O–H groups in total. The van der Waals surface area contributed by atoms with Crippen LogP contribution in [0.2, 0.25) is 0 Å². The predicted octanol–water partition coefficient (Wildman–Crippen LogP) is 3.26. The van der Waals surface area contributed by atoms with Crippen molar-refractivity contribution in [3.8, 4) is 0 Å². The predicted molar refractivity (Wildman–Crippen MR) is 86.5 cm³/mol. The maximum atomic E-state index is 13.0. The molecule has 0 unspecified atom stereocenters.